The highest BCUT2D eigenvalue weighted by atomic mass is 35.5. The van der Waals surface area contributed by atoms with Gasteiger partial charge in [-0.3, -0.25) is 4.79 Å². The monoisotopic (exact) mass is 472 g/mol. The van der Waals surface area contributed by atoms with E-state index in [9.17, 15) is 9.90 Å². The molecule has 0 radical (unpaired) electrons. The molecule has 6 nitrogen and oxygen atoms in total. The smallest absolute Gasteiger partial charge is 0.271 e. The SMILES string of the molecule is O=C(NN=Cc1ccc2c(ccn2Cc2cnc(Cl)c(Cl)c2)c1)c1ccc(O)c(Cl)c1. The molecule has 0 unspecified atom stereocenters. The van der Waals surface area contributed by atoms with Gasteiger partial charge in [-0.1, -0.05) is 40.9 Å². The summed E-state index contributed by atoms with van der Waals surface area (Å²) in [6.45, 7) is 0.603. The Kier molecular flexibility index (Phi) is 6.13. The van der Waals surface area contributed by atoms with E-state index in [2.05, 4.69) is 20.1 Å². The lowest BCUT2D eigenvalue weighted by Crippen LogP contribution is -2.17. The van der Waals surface area contributed by atoms with E-state index >= 15 is 0 Å². The van der Waals surface area contributed by atoms with Crippen LogP contribution in [0.3, 0.4) is 0 Å². The van der Waals surface area contributed by atoms with E-state index in [1.165, 1.54) is 18.2 Å². The summed E-state index contributed by atoms with van der Waals surface area (Å²) in [5, 5.41) is 15.3. The van der Waals surface area contributed by atoms with Crippen molar-refractivity contribution in [3.05, 3.63) is 92.8 Å². The summed E-state index contributed by atoms with van der Waals surface area (Å²) in [7, 11) is 0. The number of nitrogens with one attached hydrogen (secondary N) is 1. The summed E-state index contributed by atoms with van der Waals surface area (Å²) < 4.78 is 2.08. The minimum absolute atomic E-state index is 0.0858. The van der Waals surface area contributed by atoms with Gasteiger partial charge >= 0.3 is 0 Å². The summed E-state index contributed by atoms with van der Waals surface area (Å²) in [6.07, 6.45) is 5.23. The molecule has 2 aromatic heterocycles. The van der Waals surface area contributed by atoms with E-state index in [1.54, 1.807) is 18.5 Å². The van der Waals surface area contributed by atoms with Crippen LogP contribution in [-0.4, -0.2) is 26.8 Å². The van der Waals surface area contributed by atoms with Crippen molar-refractivity contribution in [3.8, 4) is 5.75 Å². The van der Waals surface area contributed by atoms with Gasteiger partial charge in [0.1, 0.15) is 10.9 Å². The van der Waals surface area contributed by atoms with Crippen LogP contribution in [0.25, 0.3) is 10.9 Å². The highest BCUT2D eigenvalue weighted by Gasteiger charge is 2.08. The zero-order valence-corrected chi connectivity index (χ0v) is 18.2. The molecule has 0 saturated carbocycles. The number of halogens is 3. The molecular weight excluding hydrogens is 459 g/mol. The molecule has 0 bridgehead atoms. The number of nitrogens with zero attached hydrogens (tertiary/aromatic N) is 3. The highest BCUT2D eigenvalue weighted by Crippen LogP contribution is 2.24. The number of aromatic hydroxyl groups is 1. The Morgan fingerprint density at radius 1 is 1.10 bits per heavy atom. The molecule has 9 heteroatoms. The number of carbonyl (C=O) groups is 1. The molecule has 1 amide bonds. The van der Waals surface area contributed by atoms with Gasteiger partial charge in [-0.25, -0.2) is 10.4 Å². The Morgan fingerprint density at radius 3 is 2.71 bits per heavy atom. The topological polar surface area (TPSA) is 79.5 Å². The minimum atomic E-state index is -0.430. The van der Waals surface area contributed by atoms with Crippen molar-refractivity contribution in [2.45, 2.75) is 6.54 Å². The van der Waals surface area contributed by atoms with Crippen molar-refractivity contribution in [1.29, 1.82) is 0 Å². The second-order valence-corrected chi connectivity index (χ2v) is 7.92. The van der Waals surface area contributed by atoms with Crippen molar-refractivity contribution in [3.63, 3.8) is 0 Å². The predicted octanol–water partition coefficient (Wildman–Crippen LogP) is 5.51. The van der Waals surface area contributed by atoms with E-state index in [4.69, 9.17) is 34.8 Å². The van der Waals surface area contributed by atoms with Crippen LogP contribution in [0.15, 0.2) is 66.0 Å². The zero-order valence-electron chi connectivity index (χ0n) is 15.9. The van der Waals surface area contributed by atoms with Crippen molar-refractivity contribution in [2.24, 2.45) is 5.10 Å². The maximum atomic E-state index is 12.1. The van der Waals surface area contributed by atoms with Gasteiger partial charge in [0.15, 0.2) is 0 Å². The normalized spacial score (nSPS) is 11.3. The van der Waals surface area contributed by atoms with Gasteiger partial charge in [-0.05, 0) is 53.6 Å². The van der Waals surface area contributed by atoms with Crippen molar-refractivity contribution < 1.29 is 9.90 Å². The summed E-state index contributed by atoms with van der Waals surface area (Å²) in [5.41, 5.74) is 5.54. The van der Waals surface area contributed by atoms with E-state index < -0.39 is 5.91 Å². The number of hydrazone groups is 1. The number of phenols is 1. The summed E-state index contributed by atoms with van der Waals surface area (Å²) in [6, 6.07) is 13.8. The van der Waals surface area contributed by atoms with Crippen LogP contribution in [0.2, 0.25) is 15.2 Å². The fraction of sp³-hybridized carbons (Fsp3) is 0.0455. The Bertz CT molecular complexity index is 1320. The van der Waals surface area contributed by atoms with Crippen molar-refractivity contribution >= 4 is 57.8 Å². The quantitative estimate of drug-likeness (QED) is 0.228. The van der Waals surface area contributed by atoms with Crippen LogP contribution in [-0.2, 0) is 6.54 Å². The van der Waals surface area contributed by atoms with Gasteiger partial charge in [-0.2, -0.15) is 5.10 Å². The number of amides is 1. The van der Waals surface area contributed by atoms with Gasteiger partial charge in [-0.15, -0.1) is 0 Å². The third kappa shape index (κ3) is 4.82. The Balaban J connectivity index is 1.46. The number of hydrogen-bond donors (Lipinski definition) is 2. The first-order valence-corrected chi connectivity index (χ1v) is 10.2. The molecule has 0 aliphatic rings. The van der Waals surface area contributed by atoms with Crippen molar-refractivity contribution in [1.82, 2.24) is 15.0 Å². The number of phenolic OH excluding ortho intramolecular Hbond substituents is 1. The molecule has 0 atom stereocenters. The summed E-state index contributed by atoms with van der Waals surface area (Å²) in [5.74, 6) is -0.516. The summed E-state index contributed by atoms with van der Waals surface area (Å²) >= 11 is 17.8. The third-order valence-electron chi connectivity index (χ3n) is 4.59. The van der Waals surface area contributed by atoms with Crippen LogP contribution in [0.5, 0.6) is 5.75 Å². The number of carbonyl (C=O) groups excluding carboxylic acids is 1. The maximum Gasteiger partial charge on any atom is 0.271 e. The van der Waals surface area contributed by atoms with E-state index in [0.717, 1.165) is 22.0 Å². The van der Waals surface area contributed by atoms with Crippen LogP contribution in [0.4, 0.5) is 0 Å². The van der Waals surface area contributed by atoms with Crippen LogP contribution in [0, 0.1) is 0 Å². The van der Waals surface area contributed by atoms with Crippen LogP contribution in [0.1, 0.15) is 21.5 Å². The van der Waals surface area contributed by atoms with Gasteiger partial charge in [0.05, 0.1) is 16.3 Å². The molecule has 2 aromatic carbocycles. The average Bonchev–Trinajstić information content (AvgIpc) is 3.14. The molecule has 0 aliphatic heterocycles. The largest absolute Gasteiger partial charge is 0.506 e. The number of fused-ring (bicyclic) bond motifs is 1. The first-order chi connectivity index (χ1) is 14.9. The molecule has 156 valence electrons. The van der Waals surface area contributed by atoms with Crippen molar-refractivity contribution in [2.75, 3.05) is 0 Å². The number of pyridine rings is 1. The number of aromatic nitrogens is 2. The fourth-order valence-corrected chi connectivity index (χ4v) is 3.53. The molecule has 0 saturated heterocycles. The lowest BCUT2D eigenvalue weighted by atomic mass is 10.2. The Morgan fingerprint density at radius 2 is 1.94 bits per heavy atom. The van der Waals surface area contributed by atoms with E-state index in [1.807, 2.05) is 30.5 Å². The Labute approximate surface area is 192 Å². The van der Waals surface area contributed by atoms with Gasteiger partial charge in [0.25, 0.3) is 5.91 Å². The molecular formula is C22H15Cl3N4O2. The fourth-order valence-electron chi connectivity index (χ4n) is 3.06. The van der Waals surface area contributed by atoms with E-state index in [0.29, 0.717) is 17.1 Å². The number of benzene rings is 2. The van der Waals surface area contributed by atoms with Crippen LogP contribution < -0.4 is 5.43 Å². The number of hydrogen-bond acceptors (Lipinski definition) is 4. The Hall–Kier alpha value is -3.06. The second kappa shape index (κ2) is 8.98. The van der Waals surface area contributed by atoms with Gasteiger partial charge in [0.2, 0.25) is 0 Å². The maximum absolute atomic E-state index is 12.1. The third-order valence-corrected chi connectivity index (χ3v) is 5.58. The van der Waals surface area contributed by atoms with Gasteiger partial charge < -0.3 is 9.67 Å². The molecule has 0 fully saturated rings. The highest BCUT2D eigenvalue weighted by molar-refractivity contribution is 6.41. The zero-order chi connectivity index (χ0) is 22.0. The summed E-state index contributed by atoms with van der Waals surface area (Å²) in [4.78, 5) is 16.2. The lowest BCUT2D eigenvalue weighted by molar-refractivity contribution is 0.0955. The molecule has 2 heterocycles. The number of rotatable bonds is 5. The lowest BCUT2D eigenvalue weighted by Gasteiger charge is -2.07. The standard InChI is InChI=1S/C22H15Cl3N4O2/c23-17-9-16(2-4-20(17)30)22(31)28-27-11-13-1-3-19-15(7-13)5-6-29(19)12-14-8-18(24)21(25)26-10-14/h1-11,30H,12H2,(H,28,31). The predicted molar refractivity (Wildman–Crippen MR) is 123 cm³/mol. The molecule has 2 N–H and O–H groups in total. The second-order valence-electron chi connectivity index (χ2n) is 6.74. The molecule has 4 rings (SSSR count). The van der Waals surface area contributed by atoms with Crippen LogP contribution >= 0.6 is 34.8 Å². The molecule has 31 heavy (non-hydrogen) atoms. The van der Waals surface area contributed by atoms with Gasteiger partial charge in [0, 0.05) is 35.4 Å². The molecule has 0 aliphatic carbocycles. The molecule has 4 aromatic rings. The average molecular weight is 474 g/mol. The minimum Gasteiger partial charge on any atom is -0.506 e. The first-order valence-electron chi connectivity index (χ1n) is 9.11. The van der Waals surface area contributed by atoms with E-state index in [-0.39, 0.29) is 15.9 Å². The molecule has 0 spiro atoms. The first kappa shape index (κ1) is 21.2.